The van der Waals surface area contributed by atoms with E-state index in [4.69, 9.17) is 18.9 Å². The van der Waals surface area contributed by atoms with Crippen molar-refractivity contribution in [1.29, 1.82) is 0 Å². The van der Waals surface area contributed by atoms with Gasteiger partial charge >= 0.3 is 0 Å². The molecule has 32 heavy (non-hydrogen) atoms. The summed E-state index contributed by atoms with van der Waals surface area (Å²) in [6.45, 7) is 13.0. The summed E-state index contributed by atoms with van der Waals surface area (Å²) in [6.07, 6.45) is 15.3. The van der Waals surface area contributed by atoms with E-state index in [1.54, 1.807) is 0 Å². The van der Waals surface area contributed by atoms with Gasteiger partial charge in [-0.25, -0.2) is 0 Å². The van der Waals surface area contributed by atoms with Gasteiger partial charge in [0.15, 0.2) is 5.78 Å². The molecule has 0 amide bonds. The Morgan fingerprint density at radius 2 is 1.09 bits per heavy atom. The van der Waals surface area contributed by atoms with Crippen molar-refractivity contribution in [2.75, 3.05) is 52.9 Å². The molecule has 0 spiro atoms. The highest BCUT2D eigenvalue weighted by Gasteiger charge is 2.11. The van der Waals surface area contributed by atoms with Crippen LogP contribution >= 0.6 is 0 Å². The fourth-order valence-corrected chi connectivity index (χ4v) is 3.83. The van der Waals surface area contributed by atoms with Crippen LogP contribution in [0, 0.1) is 11.8 Å². The van der Waals surface area contributed by atoms with Crippen LogP contribution in [0.2, 0.25) is 0 Å². The van der Waals surface area contributed by atoms with Gasteiger partial charge < -0.3 is 18.9 Å². The van der Waals surface area contributed by atoms with Crippen LogP contribution in [0.25, 0.3) is 0 Å². The zero-order valence-corrected chi connectivity index (χ0v) is 21.8. The standard InChI is InChI=1S/C27H54O5/c1-5-8-10-11-15-26(14-9-6-2)16-12-17-29-18-19-30-20-21-31-22-23-32-24-27(28)25(4)13-7-3/h25-26H,5-24H2,1-4H3. The predicted molar refractivity (Wildman–Crippen MR) is 133 cm³/mol. The Labute approximate surface area is 199 Å². The van der Waals surface area contributed by atoms with Crippen LogP contribution in [0.3, 0.4) is 0 Å². The minimum atomic E-state index is 0.0922. The first-order valence-electron chi connectivity index (χ1n) is 13.5. The van der Waals surface area contributed by atoms with Crippen LogP contribution in [0.15, 0.2) is 0 Å². The van der Waals surface area contributed by atoms with E-state index in [1.807, 2.05) is 6.92 Å². The van der Waals surface area contributed by atoms with Crippen LogP contribution in [0.4, 0.5) is 0 Å². The summed E-state index contributed by atoms with van der Waals surface area (Å²) in [5.74, 6) is 1.15. The molecule has 2 atom stereocenters. The van der Waals surface area contributed by atoms with Gasteiger partial charge in [-0.3, -0.25) is 4.79 Å². The Kier molecular flexibility index (Phi) is 24.8. The molecule has 2 unspecified atom stereocenters. The van der Waals surface area contributed by atoms with Gasteiger partial charge in [0.05, 0.1) is 39.6 Å². The summed E-state index contributed by atoms with van der Waals surface area (Å²) in [7, 11) is 0. The largest absolute Gasteiger partial charge is 0.379 e. The van der Waals surface area contributed by atoms with Crippen LogP contribution in [-0.4, -0.2) is 58.6 Å². The highest BCUT2D eigenvalue weighted by Crippen LogP contribution is 2.22. The van der Waals surface area contributed by atoms with Gasteiger partial charge in [0.25, 0.3) is 0 Å². The number of unbranched alkanes of at least 4 members (excludes halogenated alkanes) is 4. The first-order valence-corrected chi connectivity index (χ1v) is 13.5. The molecule has 0 saturated heterocycles. The topological polar surface area (TPSA) is 54.0 Å². The average Bonchev–Trinajstić information content (AvgIpc) is 2.79. The van der Waals surface area contributed by atoms with Crippen molar-refractivity contribution in [3.63, 3.8) is 0 Å². The molecule has 0 aliphatic heterocycles. The first kappa shape index (κ1) is 31.5. The summed E-state index contributed by atoms with van der Waals surface area (Å²) >= 11 is 0. The molecule has 0 rings (SSSR count). The van der Waals surface area contributed by atoms with Crippen LogP contribution in [0.5, 0.6) is 0 Å². The lowest BCUT2D eigenvalue weighted by molar-refractivity contribution is -0.127. The van der Waals surface area contributed by atoms with Crippen molar-refractivity contribution < 1.29 is 23.7 Å². The third kappa shape index (κ3) is 21.4. The zero-order valence-electron chi connectivity index (χ0n) is 21.8. The molecule has 0 aliphatic rings. The van der Waals surface area contributed by atoms with E-state index in [1.165, 1.54) is 57.8 Å². The van der Waals surface area contributed by atoms with E-state index in [0.717, 1.165) is 31.8 Å². The highest BCUT2D eigenvalue weighted by molar-refractivity contribution is 5.81. The van der Waals surface area contributed by atoms with Gasteiger partial charge in [0.1, 0.15) is 6.61 Å². The molecule has 0 saturated carbocycles. The first-order chi connectivity index (χ1) is 15.7. The smallest absolute Gasteiger partial charge is 0.161 e. The van der Waals surface area contributed by atoms with Gasteiger partial charge in [0, 0.05) is 12.5 Å². The van der Waals surface area contributed by atoms with Crippen LogP contribution in [0.1, 0.15) is 105 Å². The van der Waals surface area contributed by atoms with E-state index in [9.17, 15) is 4.79 Å². The minimum absolute atomic E-state index is 0.0922. The van der Waals surface area contributed by atoms with Crippen molar-refractivity contribution in [2.24, 2.45) is 11.8 Å². The molecule has 5 nitrogen and oxygen atoms in total. The van der Waals surface area contributed by atoms with E-state index in [-0.39, 0.29) is 18.3 Å². The molecule has 0 aromatic rings. The maximum Gasteiger partial charge on any atom is 0.161 e. The fraction of sp³-hybridized carbons (Fsp3) is 0.963. The van der Waals surface area contributed by atoms with Crippen LogP contribution < -0.4 is 0 Å². The van der Waals surface area contributed by atoms with Gasteiger partial charge in [-0.05, 0) is 25.2 Å². The van der Waals surface area contributed by atoms with E-state index < -0.39 is 0 Å². The minimum Gasteiger partial charge on any atom is -0.379 e. The third-order valence-corrected chi connectivity index (χ3v) is 5.96. The van der Waals surface area contributed by atoms with E-state index in [2.05, 4.69) is 20.8 Å². The predicted octanol–water partition coefficient (Wildman–Crippen LogP) is 6.62. The summed E-state index contributed by atoms with van der Waals surface area (Å²) in [5, 5.41) is 0. The fourth-order valence-electron chi connectivity index (χ4n) is 3.83. The Morgan fingerprint density at radius 1 is 0.562 bits per heavy atom. The maximum absolute atomic E-state index is 11.8. The van der Waals surface area contributed by atoms with Crippen molar-refractivity contribution in [1.82, 2.24) is 0 Å². The van der Waals surface area contributed by atoms with Gasteiger partial charge in [0.2, 0.25) is 0 Å². The molecule has 0 radical (unpaired) electrons. The number of ether oxygens (including phenoxy) is 4. The Bertz CT molecular complexity index is 388. The second-order valence-electron chi connectivity index (χ2n) is 9.05. The van der Waals surface area contributed by atoms with Crippen molar-refractivity contribution in [3.8, 4) is 0 Å². The number of carbonyl (C=O) groups is 1. The van der Waals surface area contributed by atoms with Gasteiger partial charge in [-0.15, -0.1) is 0 Å². The number of carbonyl (C=O) groups excluding carboxylic acids is 1. The summed E-state index contributed by atoms with van der Waals surface area (Å²) < 4.78 is 22.1. The molecule has 0 fully saturated rings. The Balaban J connectivity index is 3.43. The second-order valence-corrected chi connectivity index (χ2v) is 9.05. The molecule has 0 aliphatic carbocycles. The molecular formula is C27H54O5. The van der Waals surface area contributed by atoms with Crippen molar-refractivity contribution in [2.45, 2.75) is 105 Å². The number of rotatable bonds is 26. The lowest BCUT2D eigenvalue weighted by Gasteiger charge is -2.16. The zero-order chi connectivity index (χ0) is 23.7. The third-order valence-electron chi connectivity index (χ3n) is 5.96. The summed E-state index contributed by atoms with van der Waals surface area (Å²) in [5.41, 5.74) is 0. The van der Waals surface area contributed by atoms with Gasteiger partial charge in [-0.1, -0.05) is 85.5 Å². The summed E-state index contributed by atoms with van der Waals surface area (Å²) in [4.78, 5) is 11.8. The molecule has 0 N–H and O–H groups in total. The molecule has 0 aromatic carbocycles. The average molecular weight is 459 g/mol. The quantitative estimate of drug-likeness (QED) is 0.136. The molecule has 192 valence electrons. The number of hydrogen-bond donors (Lipinski definition) is 0. The second kappa shape index (κ2) is 25.1. The molecule has 0 aromatic heterocycles. The molecule has 5 heteroatoms. The van der Waals surface area contributed by atoms with Crippen LogP contribution in [-0.2, 0) is 23.7 Å². The maximum atomic E-state index is 11.8. The lowest BCUT2D eigenvalue weighted by Crippen LogP contribution is -2.19. The van der Waals surface area contributed by atoms with E-state index >= 15 is 0 Å². The van der Waals surface area contributed by atoms with Crippen molar-refractivity contribution >= 4 is 5.78 Å². The SMILES string of the molecule is CCCCCCC(CCCC)CCCOCCOCCOCCOCC(=O)C(C)CCC. The Morgan fingerprint density at radius 3 is 1.69 bits per heavy atom. The molecular weight excluding hydrogens is 404 g/mol. The summed E-state index contributed by atoms with van der Waals surface area (Å²) in [6, 6.07) is 0. The van der Waals surface area contributed by atoms with E-state index in [0.29, 0.717) is 39.6 Å². The molecule has 0 heterocycles. The normalized spacial score (nSPS) is 13.4. The van der Waals surface area contributed by atoms with Crippen molar-refractivity contribution in [3.05, 3.63) is 0 Å². The number of hydrogen-bond acceptors (Lipinski definition) is 5. The Hall–Kier alpha value is -0.490. The van der Waals surface area contributed by atoms with Gasteiger partial charge in [-0.2, -0.15) is 0 Å². The molecule has 0 bridgehead atoms. The highest BCUT2D eigenvalue weighted by atomic mass is 16.6. The number of Topliss-reactive ketones (excluding diaryl/α,β-unsaturated/α-hetero) is 1. The number of ketones is 1. The monoisotopic (exact) mass is 458 g/mol. The lowest BCUT2D eigenvalue weighted by atomic mass is 9.91.